The first-order valence-corrected chi connectivity index (χ1v) is 9.47. The summed E-state index contributed by atoms with van der Waals surface area (Å²) in [6.07, 6.45) is 3.50. The number of para-hydroxylation sites is 1. The Morgan fingerprint density at radius 3 is 2.56 bits per heavy atom. The summed E-state index contributed by atoms with van der Waals surface area (Å²) in [7, 11) is 2.05. The van der Waals surface area contributed by atoms with Gasteiger partial charge in [-0.05, 0) is 43.7 Å². The summed E-state index contributed by atoms with van der Waals surface area (Å²) >= 11 is 0. The maximum Gasteiger partial charge on any atom is 0.272 e. The van der Waals surface area contributed by atoms with Crippen LogP contribution in [-0.4, -0.2) is 66.4 Å². The molecule has 2 aliphatic rings. The molecule has 0 saturated carbocycles. The molecule has 0 N–H and O–H groups in total. The Morgan fingerprint density at radius 2 is 1.74 bits per heavy atom. The van der Waals surface area contributed by atoms with Crippen molar-refractivity contribution in [2.24, 2.45) is 0 Å². The fraction of sp³-hybridized carbons (Fsp3) is 0.381. The number of aryl methyl sites for hydroxylation is 1. The molecule has 0 aliphatic carbocycles. The lowest BCUT2D eigenvalue weighted by atomic mass is 10.0. The zero-order valence-corrected chi connectivity index (χ0v) is 15.6. The van der Waals surface area contributed by atoms with E-state index < -0.39 is 0 Å². The van der Waals surface area contributed by atoms with Gasteiger partial charge in [-0.2, -0.15) is 0 Å². The molecule has 2 aromatic rings. The number of anilines is 1. The van der Waals surface area contributed by atoms with Gasteiger partial charge in [0.1, 0.15) is 5.69 Å². The molecule has 1 saturated heterocycles. The molecular weight excluding hydrogens is 340 g/mol. The maximum absolute atomic E-state index is 13.1. The highest BCUT2D eigenvalue weighted by Gasteiger charge is 2.26. The Balaban J connectivity index is 1.56. The standard InChI is InChI=1S/C21H24N4O2/c1-23-11-13-24(14-12-23)21(27)18-15-17(8-9-22-18)20(26)25-10-4-6-16-5-2-3-7-19(16)25/h2-3,5,7-9,15H,4,6,10-14H2,1H3. The molecular formula is C21H24N4O2. The molecule has 0 atom stereocenters. The average molecular weight is 364 g/mol. The van der Waals surface area contributed by atoms with Gasteiger partial charge in [0.25, 0.3) is 11.8 Å². The average Bonchev–Trinajstić information content (AvgIpc) is 2.73. The maximum atomic E-state index is 13.1. The van der Waals surface area contributed by atoms with Crippen molar-refractivity contribution >= 4 is 17.5 Å². The number of aromatic nitrogens is 1. The van der Waals surface area contributed by atoms with Gasteiger partial charge in [-0.3, -0.25) is 14.6 Å². The Labute approximate surface area is 159 Å². The van der Waals surface area contributed by atoms with E-state index in [0.29, 0.717) is 30.9 Å². The summed E-state index contributed by atoms with van der Waals surface area (Å²) in [5.74, 6) is -0.172. The van der Waals surface area contributed by atoms with Crippen molar-refractivity contribution in [3.05, 3.63) is 59.4 Å². The zero-order chi connectivity index (χ0) is 18.8. The second-order valence-electron chi connectivity index (χ2n) is 7.21. The second kappa shape index (κ2) is 7.48. The van der Waals surface area contributed by atoms with Crippen LogP contribution < -0.4 is 4.90 Å². The van der Waals surface area contributed by atoms with Crippen LogP contribution in [0.1, 0.15) is 32.8 Å². The predicted molar refractivity (Wildman–Crippen MR) is 104 cm³/mol. The van der Waals surface area contributed by atoms with Crippen LogP contribution in [-0.2, 0) is 6.42 Å². The molecule has 3 heterocycles. The Kier molecular flexibility index (Phi) is 4.90. The number of rotatable bonds is 2. The van der Waals surface area contributed by atoms with Crippen molar-refractivity contribution < 1.29 is 9.59 Å². The lowest BCUT2D eigenvalue weighted by molar-refractivity contribution is 0.0658. The number of hydrogen-bond donors (Lipinski definition) is 0. The van der Waals surface area contributed by atoms with Gasteiger partial charge in [0.05, 0.1) is 0 Å². The summed E-state index contributed by atoms with van der Waals surface area (Å²) in [6.45, 7) is 3.78. The predicted octanol–water partition coefficient (Wildman–Crippen LogP) is 2.06. The smallest absolute Gasteiger partial charge is 0.272 e. The Morgan fingerprint density at radius 1 is 0.963 bits per heavy atom. The molecule has 0 radical (unpaired) electrons. The molecule has 1 aromatic carbocycles. The van der Waals surface area contributed by atoms with Crippen LogP contribution in [0.15, 0.2) is 42.6 Å². The van der Waals surface area contributed by atoms with Crippen LogP contribution in [0.25, 0.3) is 0 Å². The number of benzene rings is 1. The van der Waals surface area contributed by atoms with Crippen molar-refractivity contribution in [3.8, 4) is 0 Å². The lowest BCUT2D eigenvalue weighted by Gasteiger charge is -2.32. The van der Waals surface area contributed by atoms with E-state index in [4.69, 9.17) is 0 Å². The highest BCUT2D eigenvalue weighted by molar-refractivity contribution is 6.07. The third kappa shape index (κ3) is 3.57. The molecule has 6 heteroatoms. The number of fused-ring (bicyclic) bond motifs is 1. The minimum Gasteiger partial charge on any atom is -0.335 e. The van der Waals surface area contributed by atoms with Crippen molar-refractivity contribution in [1.82, 2.24) is 14.8 Å². The molecule has 6 nitrogen and oxygen atoms in total. The first-order valence-electron chi connectivity index (χ1n) is 9.47. The number of carbonyl (C=O) groups excluding carboxylic acids is 2. The fourth-order valence-corrected chi connectivity index (χ4v) is 3.75. The van der Waals surface area contributed by atoms with Crippen LogP contribution in [0.2, 0.25) is 0 Å². The molecule has 1 aromatic heterocycles. The summed E-state index contributed by atoms with van der Waals surface area (Å²) in [4.78, 5) is 36.0. The normalized spacial score (nSPS) is 17.5. The molecule has 2 aliphatic heterocycles. The van der Waals surface area contributed by atoms with Crippen molar-refractivity contribution in [2.75, 3.05) is 44.7 Å². The molecule has 0 bridgehead atoms. The highest BCUT2D eigenvalue weighted by atomic mass is 16.2. The number of amides is 2. The van der Waals surface area contributed by atoms with E-state index in [2.05, 4.69) is 23.0 Å². The second-order valence-corrected chi connectivity index (χ2v) is 7.21. The summed E-state index contributed by atoms with van der Waals surface area (Å²) in [5.41, 5.74) is 3.02. The van der Waals surface area contributed by atoms with Crippen molar-refractivity contribution in [1.29, 1.82) is 0 Å². The molecule has 1 fully saturated rings. The van der Waals surface area contributed by atoms with Crippen molar-refractivity contribution in [3.63, 3.8) is 0 Å². The van der Waals surface area contributed by atoms with Crippen LogP contribution in [0, 0.1) is 0 Å². The summed E-state index contributed by atoms with van der Waals surface area (Å²) < 4.78 is 0. The van der Waals surface area contributed by atoms with E-state index >= 15 is 0 Å². The Bertz CT molecular complexity index is 859. The van der Waals surface area contributed by atoms with E-state index in [0.717, 1.165) is 31.6 Å². The van der Waals surface area contributed by atoms with E-state index in [9.17, 15) is 9.59 Å². The molecule has 0 spiro atoms. The molecule has 27 heavy (non-hydrogen) atoms. The van der Waals surface area contributed by atoms with Crippen LogP contribution in [0.4, 0.5) is 5.69 Å². The fourth-order valence-electron chi connectivity index (χ4n) is 3.75. The number of carbonyl (C=O) groups is 2. The topological polar surface area (TPSA) is 56.8 Å². The number of nitrogens with zero attached hydrogens (tertiary/aromatic N) is 4. The third-order valence-electron chi connectivity index (χ3n) is 5.37. The minimum absolute atomic E-state index is 0.0722. The molecule has 4 rings (SSSR count). The van der Waals surface area contributed by atoms with Gasteiger partial charge in [-0.1, -0.05) is 18.2 Å². The number of pyridine rings is 1. The number of piperazine rings is 1. The van der Waals surface area contributed by atoms with Crippen LogP contribution >= 0.6 is 0 Å². The van der Waals surface area contributed by atoms with Crippen molar-refractivity contribution in [2.45, 2.75) is 12.8 Å². The monoisotopic (exact) mass is 364 g/mol. The molecule has 0 unspecified atom stereocenters. The largest absolute Gasteiger partial charge is 0.335 e. The quantitative estimate of drug-likeness (QED) is 0.819. The first kappa shape index (κ1) is 17.7. The molecule has 140 valence electrons. The third-order valence-corrected chi connectivity index (χ3v) is 5.37. The van der Waals surface area contributed by atoms with Gasteiger partial charge in [-0.15, -0.1) is 0 Å². The van der Waals surface area contributed by atoms with Crippen LogP contribution in [0.5, 0.6) is 0 Å². The zero-order valence-electron chi connectivity index (χ0n) is 15.6. The van der Waals surface area contributed by atoms with Gasteiger partial charge in [0.2, 0.25) is 0 Å². The van der Waals surface area contributed by atoms with E-state index in [-0.39, 0.29) is 11.8 Å². The van der Waals surface area contributed by atoms with E-state index in [1.165, 1.54) is 5.56 Å². The van der Waals surface area contributed by atoms with E-state index in [1.807, 2.05) is 28.0 Å². The van der Waals surface area contributed by atoms with Gasteiger partial charge in [0, 0.05) is 50.2 Å². The number of likely N-dealkylation sites (N-methyl/N-ethyl adjacent to an activating group) is 1. The van der Waals surface area contributed by atoms with E-state index in [1.54, 1.807) is 18.3 Å². The first-order chi connectivity index (χ1) is 13.1. The lowest BCUT2D eigenvalue weighted by Crippen LogP contribution is -2.47. The highest BCUT2D eigenvalue weighted by Crippen LogP contribution is 2.28. The summed E-state index contributed by atoms with van der Waals surface area (Å²) in [5, 5.41) is 0. The number of hydrogen-bond acceptors (Lipinski definition) is 4. The van der Waals surface area contributed by atoms with Gasteiger partial charge in [-0.25, -0.2) is 0 Å². The molecule has 2 amide bonds. The SMILES string of the molecule is CN1CCN(C(=O)c2cc(C(=O)N3CCCc4ccccc43)ccn2)CC1. The van der Waals surface area contributed by atoms with Gasteiger partial charge in [0.15, 0.2) is 0 Å². The summed E-state index contributed by atoms with van der Waals surface area (Å²) in [6, 6.07) is 11.4. The van der Waals surface area contributed by atoms with Crippen LogP contribution in [0.3, 0.4) is 0 Å². The Hall–Kier alpha value is -2.73. The van der Waals surface area contributed by atoms with Gasteiger partial charge >= 0.3 is 0 Å². The van der Waals surface area contributed by atoms with Gasteiger partial charge < -0.3 is 14.7 Å². The minimum atomic E-state index is -0.100.